The minimum atomic E-state index is -0.519. The molecule has 0 bridgehead atoms. The maximum Gasteiger partial charge on any atom is 0.410 e. The second-order valence-electron chi connectivity index (χ2n) is 8.56. The fraction of sp³-hybridized carbons (Fsp3) is 0.542. The number of para-hydroxylation sites is 1. The van der Waals surface area contributed by atoms with Crippen molar-refractivity contribution in [2.24, 2.45) is 0 Å². The topological polar surface area (TPSA) is 70.9 Å². The van der Waals surface area contributed by atoms with Crippen molar-refractivity contribution in [1.82, 2.24) is 19.6 Å². The average molecular weight is 439 g/mol. The number of ether oxygens (including phenoxy) is 1. The summed E-state index contributed by atoms with van der Waals surface area (Å²) >= 11 is 0. The quantitative estimate of drug-likeness (QED) is 0.619. The van der Waals surface area contributed by atoms with Gasteiger partial charge in [-0.15, -0.1) is 0 Å². The number of carbonyl (C=O) groups excluding carboxylic acids is 2. The van der Waals surface area contributed by atoms with Crippen molar-refractivity contribution in [2.75, 3.05) is 44.2 Å². The number of likely N-dealkylation sites (tertiary alicyclic amines) is 1. The number of benzene rings is 1. The third kappa shape index (κ3) is 4.80. The van der Waals surface area contributed by atoms with Crippen LogP contribution in [0, 0.1) is 6.92 Å². The molecule has 8 heteroatoms. The third-order valence-electron chi connectivity index (χ3n) is 6.34. The van der Waals surface area contributed by atoms with Gasteiger partial charge in [-0.25, -0.2) is 9.48 Å². The number of anilines is 1. The standard InChI is InChI=1S/C24H32N5O3/c1-3-4-14-32-24(31)28-17-21(16-22(28)18-30)26-10-12-27(13-11-26)23-15-19(2)25-29(23)20-8-6-5-7-9-20/h5-9,15,21-22H,3-4,10-14,16-17H2,1-2H3. The highest BCUT2D eigenvalue weighted by molar-refractivity contribution is 5.74. The summed E-state index contributed by atoms with van der Waals surface area (Å²) in [4.78, 5) is 30.2. The van der Waals surface area contributed by atoms with E-state index in [1.165, 1.54) is 0 Å². The smallest absolute Gasteiger partial charge is 0.410 e. The molecular formula is C24H32N5O3. The van der Waals surface area contributed by atoms with Crippen molar-refractivity contribution in [3.63, 3.8) is 0 Å². The molecule has 32 heavy (non-hydrogen) atoms. The van der Waals surface area contributed by atoms with Gasteiger partial charge in [0.1, 0.15) is 11.9 Å². The molecule has 1 aromatic heterocycles. The van der Waals surface area contributed by atoms with Gasteiger partial charge in [-0.1, -0.05) is 31.5 Å². The molecule has 1 amide bonds. The molecule has 4 rings (SSSR count). The molecule has 2 saturated heterocycles. The zero-order valence-corrected chi connectivity index (χ0v) is 18.9. The van der Waals surface area contributed by atoms with Crippen molar-refractivity contribution in [3.05, 3.63) is 42.1 Å². The Morgan fingerprint density at radius 1 is 1.19 bits per heavy atom. The Kier molecular flexibility index (Phi) is 7.09. The number of carbonyl (C=O) groups is 1. The summed E-state index contributed by atoms with van der Waals surface area (Å²) in [6.07, 6.45) is 4.07. The van der Waals surface area contributed by atoms with Gasteiger partial charge in [0, 0.05) is 44.8 Å². The molecular weight excluding hydrogens is 406 g/mol. The minimum Gasteiger partial charge on any atom is -0.449 e. The van der Waals surface area contributed by atoms with Gasteiger partial charge in [0.15, 0.2) is 0 Å². The van der Waals surface area contributed by atoms with E-state index < -0.39 is 12.1 Å². The molecule has 3 heterocycles. The van der Waals surface area contributed by atoms with E-state index in [1.54, 1.807) is 4.90 Å². The molecule has 2 atom stereocenters. The van der Waals surface area contributed by atoms with Crippen molar-refractivity contribution < 1.29 is 14.3 Å². The summed E-state index contributed by atoms with van der Waals surface area (Å²) in [5.41, 5.74) is 2.04. The first-order valence-electron chi connectivity index (χ1n) is 11.5. The molecule has 1 radical (unpaired) electrons. The Balaban J connectivity index is 1.37. The first kappa shape index (κ1) is 22.3. The number of unbranched alkanes of at least 4 members (excludes halogenated alkanes) is 1. The lowest BCUT2D eigenvalue weighted by molar-refractivity contribution is 0.0997. The lowest BCUT2D eigenvalue weighted by Crippen LogP contribution is -2.51. The van der Waals surface area contributed by atoms with E-state index in [2.05, 4.69) is 34.9 Å². The van der Waals surface area contributed by atoms with E-state index in [4.69, 9.17) is 9.84 Å². The Morgan fingerprint density at radius 2 is 1.94 bits per heavy atom. The highest BCUT2D eigenvalue weighted by Crippen LogP contribution is 2.26. The predicted molar refractivity (Wildman–Crippen MR) is 123 cm³/mol. The lowest BCUT2D eigenvalue weighted by Gasteiger charge is -2.38. The van der Waals surface area contributed by atoms with Crippen molar-refractivity contribution in [3.8, 4) is 5.69 Å². The summed E-state index contributed by atoms with van der Waals surface area (Å²) < 4.78 is 7.34. The van der Waals surface area contributed by atoms with Gasteiger partial charge in [-0.3, -0.25) is 14.6 Å². The Labute approximate surface area is 189 Å². The van der Waals surface area contributed by atoms with E-state index in [0.717, 1.165) is 56.2 Å². The number of piperazine rings is 1. The Morgan fingerprint density at radius 3 is 2.62 bits per heavy atom. The molecule has 2 aromatic rings. The largest absolute Gasteiger partial charge is 0.449 e. The number of aromatic nitrogens is 2. The van der Waals surface area contributed by atoms with Gasteiger partial charge in [0.05, 0.1) is 18.0 Å². The van der Waals surface area contributed by atoms with Crippen LogP contribution < -0.4 is 4.90 Å². The van der Waals surface area contributed by atoms with Crippen LogP contribution in [0.15, 0.2) is 36.4 Å². The SMILES string of the molecule is CCCCOC(=O)N1CC(N2CCN(c3cc(C)nn3-c3ccccc3)CC2)CC1[C]=O. The maximum atomic E-state index is 12.4. The average Bonchev–Trinajstić information content (AvgIpc) is 3.44. The van der Waals surface area contributed by atoms with Gasteiger partial charge in [-0.2, -0.15) is 5.10 Å². The van der Waals surface area contributed by atoms with Gasteiger partial charge in [-0.05, 0) is 31.9 Å². The number of aryl methyl sites for hydroxylation is 1. The van der Waals surface area contributed by atoms with Crippen molar-refractivity contribution in [2.45, 2.75) is 45.2 Å². The van der Waals surface area contributed by atoms with Gasteiger partial charge >= 0.3 is 6.09 Å². The lowest BCUT2D eigenvalue weighted by atomic mass is 10.1. The van der Waals surface area contributed by atoms with Gasteiger partial charge < -0.3 is 9.64 Å². The highest BCUT2D eigenvalue weighted by atomic mass is 16.6. The van der Waals surface area contributed by atoms with Gasteiger partial charge in [0.25, 0.3) is 0 Å². The van der Waals surface area contributed by atoms with Crippen LogP contribution >= 0.6 is 0 Å². The number of amides is 1. The van der Waals surface area contributed by atoms with E-state index >= 15 is 0 Å². The molecule has 0 saturated carbocycles. The fourth-order valence-corrected chi connectivity index (χ4v) is 4.56. The van der Waals surface area contributed by atoms with Crippen molar-refractivity contribution in [1.29, 1.82) is 0 Å². The maximum absolute atomic E-state index is 12.4. The molecule has 0 aliphatic carbocycles. The first-order valence-corrected chi connectivity index (χ1v) is 11.5. The predicted octanol–water partition coefficient (Wildman–Crippen LogP) is 2.79. The summed E-state index contributed by atoms with van der Waals surface area (Å²) in [5, 5.41) is 4.69. The number of nitrogens with zero attached hydrogens (tertiary/aromatic N) is 5. The number of rotatable bonds is 7. The molecule has 0 spiro atoms. The summed E-state index contributed by atoms with van der Waals surface area (Å²) in [6.45, 7) is 8.45. The van der Waals surface area contributed by atoms with Crippen LogP contribution in [0.1, 0.15) is 31.9 Å². The van der Waals surface area contributed by atoms with Crippen LogP contribution in [0.25, 0.3) is 5.69 Å². The summed E-state index contributed by atoms with van der Waals surface area (Å²) in [5.74, 6) is 1.10. The number of hydrogen-bond donors (Lipinski definition) is 0. The molecule has 2 fully saturated rings. The first-order chi connectivity index (χ1) is 15.6. The van der Waals surface area contributed by atoms with Crippen LogP contribution in [0.5, 0.6) is 0 Å². The monoisotopic (exact) mass is 438 g/mol. The zero-order valence-electron chi connectivity index (χ0n) is 18.9. The molecule has 0 N–H and O–H groups in total. The molecule has 2 unspecified atom stereocenters. The molecule has 8 nitrogen and oxygen atoms in total. The van der Waals surface area contributed by atoms with Crippen LogP contribution in [-0.2, 0) is 9.53 Å². The van der Waals surface area contributed by atoms with Crippen LogP contribution in [0.3, 0.4) is 0 Å². The summed E-state index contributed by atoms with van der Waals surface area (Å²) in [7, 11) is 0. The summed E-state index contributed by atoms with van der Waals surface area (Å²) in [6, 6.07) is 11.9. The third-order valence-corrected chi connectivity index (χ3v) is 6.34. The van der Waals surface area contributed by atoms with E-state index in [0.29, 0.717) is 19.6 Å². The molecule has 2 aliphatic rings. The van der Waals surface area contributed by atoms with Crippen molar-refractivity contribution >= 4 is 18.2 Å². The normalized spacial score (nSPS) is 21.7. The van der Waals surface area contributed by atoms with Gasteiger partial charge in [0.2, 0.25) is 6.29 Å². The molecule has 1 aromatic carbocycles. The molecule has 2 aliphatic heterocycles. The second-order valence-corrected chi connectivity index (χ2v) is 8.56. The zero-order chi connectivity index (χ0) is 22.5. The van der Waals surface area contributed by atoms with Crippen LogP contribution in [0.4, 0.5) is 10.6 Å². The van der Waals surface area contributed by atoms with E-state index in [9.17, 15) is 9.59 Å². The van der Waals surface area contributed by atoms with Crippen LogP contribution in [0.2, 0.25) is 0 Å². The minimum absolute atomic E-state index is 0.156. The second kappa shape index (κ2) is 10.2. The van der Waals surface area contributed by atoms with Crippen LogP contribution in [-0.4, -0.2) is 83.4 Å². The molecule has 171 valence electrons. The Hall–Kier alpha value is -2.87. The van der Waals surface area contributed by atoms with E-state index in [-0.39, 0.29) is 6.04 Å². The fourth-order valence-electron chi connectivity index (χ4n) is 4.56. The van der Waals surface area contributed by atoms with E-state index in [1.807, 2.05) is 36.1 Å². The number of hydrogen-bond acceptors (Lipinski definition) is 6. The highest BCUT2D eigenvalue weighted by Gasteiger charge is 2.40. The Bertz CT molecular complexity index is 908.